The van der Waals surface area contributed by atoms with Crippen molar-refractivity contribution < 1.29 is 14.0 Å². The van der Waals surface area contributed by atoms with Gasteiger partial charge in [0.2, 0.25) is 5.91 Å². The molecule has 0 spiro atoms. The van der Waals surface area contributed by atoms with Gasteiger partial charge in [-0.2, -0.15) is 0 Å². The molecule has 1 N–H and O–H groups in total. The molecule has 3 heterocycles. The minimum atomic E-state index is -0.358. The molecular formula is C26H27FN4O2S. The summed E-state index contributed by atoms with van der Waals surface area (Å²) >= 11 is 1.48. The van der Waals surface area contributed by atoms with Gasteiger partial charge in [-0.25, -0.2) is 9.37 Å². The molecule has 2 aliphatic heterocycles. The molecule has 176 valence electrons. The lowest BCUT2D eigenvalue weighted by Crippen LogP contribution is -2.36. The van der Waals surface area contributed by atoms with Crippen LogP contribution in [-0.2, 0) is 11.2 Å². The number of carbonyl (C=O) groups excluding carboxylic acids is 2. The lowest BCUT2D eigenvalue weighted by Gasteiger charge is -2.25. The zero-order valence-electron chi connectivity index (χ0n) is 19.1. The van der Waals surface area contributed by atoms with Crippen molar-refractivity contribution in [1.82, 2.24) is 9.88 Å². The number of aromatic nitrogens is 1. The van der Waals surface area contributed by atoms with Crippen LogP contribution in [-0.4, -0.2) is 47.9 Å². The Morgan fingerprint density at radius 2 is 1.82 bits per heavy atom. The van der Waals surface area contributed by atoms with Gasteiger partial charge in [-0.15, -0.1) is 11.3 Å². The molecule has 0 bridgehead atoms. The van der Waals surface area contributed by atoms with Crippen LogP contribution in [0.4, 0.5) is 15.2 Å². The lowest BCUT2D eigenvalue weighted by molar-refractivity contribution is -0.117. The van der Waals surface area contributed by atoms with Gasteiger partial charge < -0.3 is 10.2 Å². The monoisotopic (exact) mass is 478 g/mol. The highest BCUT2D eigenvalue weighted by molar-refractivity contribution is 7.16. The van der Waals surface area contributed by atoms with Crippen LogP contribution in [0.2, 0.25) is 0 Å². The summed E-state index contributed by atoms with van der Waals surface area (Å²) in [5, 5.41) is 3.58. The number of nitrogens with one attached hydrogen (secondary N) is 1. The van der Waals surface area contributed by atoms with Crippen LogP contribution >= 0.6 is 11.3 Å². The fourth-order valence-electron chi connectivity index (χ4n) is 4.71. The summed E-state index contributed by atoms with van der Waals surface area (Å²) in [7, 11) is 0. The first-order valence-electron chi connectivity index (χ1n) is 11.7. The Balaban J connectivity index is 1.30. The number of fused-ring (bicyclic) bond motifs is 1. The van der Waals surface area contributed by atoms with Gasteiger partial charge in [-0.3, -0.25) is 14.5 Å². The third-order valence-electron chi connectivity index (χ3n) is 6.44. The van der Waals surface area contributed by atoms with Crippen LogP contribution in [0, 0.1) is 12.7 Å². The van der Waals surface area contributed by atoms with E-state index in [-0.39, 0.29) is 17.6 Å². The Kier molecular flexibility index (Phi) is 6.43. The molecule has 0 aliphatic carbocycles. The molecule has 0 unspecified atom stereocenters. The first kappa shape index (κ1) is 22.7. The van der Waals surface area contributed by atoms with Crippen molar-refractivity contribution in [2.45, 2.75) is 32.6 Å². The molecule has 1 saturated heterocycles. The molecular weight excluding hydrogens is 451 g/mol. The summed E-state index contributed by atoms with van der Waals surface area (Å²) in [5.41, 5.74) is 4.25. The Morgan fingerprint density at radius 3 is 2.59 bits per heavy atom. The highest BCUT2D eigenvalue weighted by Crippen LogP contribution is 2.36. The Labute approximate surface area is 202 Å². The predicted octanol–water partition coefficient (Wildman–Crippen LogP) is 4.88. The molecule has 6 nitrogen and oxygen atoms in total. The van der Waals surface area contributed by atoms with Crippen LogP contribution in [0.25, 0.3) is 11.3 Å². The average Bonchev–Trinajstić information content (AvgIpc) is 3.42. The van der Waals surface area contributed by atoms with Gasteiger partial charge in [-0.1, -0.05) is 12.5 Å². The van der Waals surface area contributed by atoms with Crippen molar-refractivity contribution in [2.75, 3.05) is 36.4 Å². The van der Waals surface area contributed by atoms with Gasteiger partial charge >= 0.3 is 0 Å². The summed E-state index contributed by atoms with van der Waals surface area (Å²) in [6, 6.07) is 11.6. The first-order chi connectivity index (χ1) is 16.5. The van der Waals surface area contributed by atoms with Crippen LogP contribution in [0.1, 0.15) is 40.1 Å². The van der Waals surface area contributed by atoms with E-state index in [1.54, 1.807) is 4.90 Å². The maximum Gasteiger partial charge on any atom is 0.258 e. The highest BCUT2D eigenvalue weighted by Gasteiger charge is 2.26. The van der Waals surface area contributed by atoms with Crippen molar-refractivity contribution in [3.63, 3.8) is 0 Å². The second-order valence-corrected chi connectivity index (χ2v) is 10.1. The second-order valence-electron chi connectivity index (χ2n) is 8.87. The molecule has 8 heteroatoms. The molecule has 5 rings (SSSR count). The molecule has 2 aliphatic rings. The molecule has 3 aromatic rings. The van der Waals surface area contributed by atoms with Gasteiger partial charge in [0, 0.05) is 28.2 Å². The molecule has 1 aromatic heterocycles. The first-order valence-corrected chi connectivity index (χ1v) is 12.5. The fourth-order valence-corrected chi connectivity index (χ4v) is 5.56. The maximum atomic E-state index is 13.2. The van der Waals surface area contributed by atoms with E-state index in [1.165, 1.54) is 42.0 Å². The summed E-state index contributed by atoms with van der Waals surface area (Å²) in [4.78, 5) is 35.1. The topological polar surface area (TPSA) is 65.5 Å². The van der Waals surface area contributed by atoms with Crippen LogP contribution < -0.4 is 10.2 Å². The predicted molar refractivity (Wildman–Crippen MR) is 133 cm³/mol. The molecule has 1 fully saturated rings. The number of carbonyl (C=O) groups is 2. The molecule has 34 heavy (non-hydrogen) atoms. The van der Waals surface area contributed by atoms with Crippen molar-refractivity contribution in [2.24, 2.45) is 0 Å². The minimum Gasteiger partial charge on any atom is -0.308 e. The van der Waals surface area contributed by atoms with Crippen molar-refractivity contribution >= 4 is 34.0 Å². The van der Waals surface area contributed by atoms with Crippen LogP contribution in [0.15, 0.2) is 42.5 Å². The van der Waals surface area contributed by atoms with Gasteiger partial charge in [0.15, 0.2) is 5.13 Å². The number of piperidine rings is 1. The standard InChI is InChI=1S/C26H27FN4O2S/c1-17-24(29-26(34-17)28-23(32)16-30-12-3-2-4-13-30)20-7-10-22-19(15-20)11-14-31(22)25(33)18-5-8-21(27)9-6-18/h5-10,15H,2-4,11-14,16H2,1H3,(H,28,29,32). The van der Waals surface area contributed by atoms with E-state index in [0.717, 1.165) is 59.7 Å². The van der Waals surface area contributed by atoms with E-state index in [4.69, 9.17) is 4.98 Å². The number of hydrogen-bond donors (Lipinski definition) is 1. The third kappa shape index (κ3) is 4.74. The van der Waals surface area contributed by atoms with Gasteiger partial charge in [-0.05, 0) is 81.2 Å². The normalized spacial score (nSPS) is 15.9. The number of benzene rings is 2. The average molecular weight is 479 g/mol. The van der Waals surface area contributed by atoms with E-state index in [2.05, 4.69) is 16.3 Å². The van der Waals surface area contributed by atoms with Crippen LogP contribution in [0.3, 0.4) is 0 Å². The van der Waals surface area contributed by atoms with Crippen molar-refractivity contribution in [3.8, 4) is 11.3 Å². The number of likely N-dealkylation sites (tertiary alicyclic amines) is 1. The number of hydrogen-bond acceptors (Lipinski definition) is 5. The SMILES string of the molecule is Cc1sc(NC(=O)CN2CCCCC2)nc1-c1ccc2c(c1)CCN2C(=O)c1ccc(F)cc1. The molecule has 2 amide bonds. The molecule has 0 atom stereocenters. The Morgan fingerprint density at radius 1 is 1.06 bits per heavy atom. The van der Waals surface area contributed by atoms with E-state index >= 15 is 0 Å². The van der Waals surface area contributed by atoms with Gasteiger partial charge in [0.05, 0.1) is 12.2 Å². The molecule has 0 saturated carbocycles. The number of nitrogens with zero attached hydrogens (tertiary/aromatic N) is 3. The second kappa shape index (κ2) is 9.64. The minimum absolute atomic E-state index is 0.0221. The largest absolute Gasteiger partial charge is 0.308 e. The summed E-state index contributed by atoms with van der Waals surface area (Å²) in [6.45, 7) is 4.95. The van der Waals surface area contributed by atoms with E-state index in [0.29, 0.717) is 23.8 Å². The number of anilines is 2. The Bertz CT molecular complexity index is 1220. The molecule has 2 aromatic carbocycles. The maximum absolute atomic E-state index is 13.2. The fraction of sp³-hybridized carbons (Fsp3) is 0.346. The quantitative estimate of drug-likeness (QED) is 0.567. The lowest BCUT2D eigenvalue weighted by atomic mass is 10.1. The number of rotatable bonds is 5. The van der Waals surface area contributed by atoms with E-state index in [1.807, 2.05) is 19.1 Å². The number of thiazole rings is 1. The van der Waals surface area contributed by atoms with E-state index < -0.39 is 0 Å². The third-order valence-corrected chi connectivity index (χ3v) is 7.33. The number of halogens is 1. The number of aryl methyl sites for hydroxylation is 1. The smallest absolute Gasteiger partial charge is 0.258 e. The Hall–Kier alpha value is -3.10. The van der Waals surface area contributed by atoms with Crippen molar-refractivity contribution in [1.29, 1.82) is 0 Å². The van der Waals surface area contributed by atoms with Crippen LogP contribution in [0.5, 0.6) is 0 Å². The zero-order chi connectivity index (χ0) is 23.7. The van der Waals surface area contributed by atoms with Gasteiger partial charge in [0.1, 0.15) is 5.82 Å². The summed E-state index contributed by atoms with van der Waals surface area (Å²) in [6.07, 6.45) is 4.29. The summed E-state index contributed by atoms with van der Waals surface area (Å²) < 4.78 is 13.2. The number of amides is 2. The zero-order valence-corrected chi connectivity index (χ0v) is 20.0. The summed E-state index contributed by atoms with van der Waals surface area (Å²) in [5.74, 6) is -0.509. The highest BCUT2D eigenvalue weighted by atomic mass is 32.1. The van der Waals surface area contributed by atoms with Gasteiger partial charge in [0.25, 0.3) is 5.91 Å². The molecule has 0 radical (unpaired) electrons. The van der Waals surface area contributed by atoms with E-state index in [9.17, 15) is 14.0 Å². The van der Waals surface area contributed by atoms with Crippen molar-refractivity contribution in [3.05, 3.63) is 64.3 Å².